The lowest BCUT2D eigenvalue weighted by molar-refractivity contribution is 1.18. The largest absolute Gasteiger partial charge is 0.309 e. The van der Waals surface area contributed by atoms with Crippen LogP contribution in [0.3, 0.4) is 0 Å². The van der Waals surface area contributed by atoms with E-state index in [9.17, 15) is 0 Å². The maximum Gasteiger partial charge on any atom is 0.0789 e. The van der Waals surface area contributed by atoms with Gasteiger partial charge in [0.2, 0.25) is 0 Å². The lowest BCUT2D eigenvalue weighted by Crippen LogP contribution is -1.94. The van der Waals surface area contributed by atoms with Crippen LogP contribution in [0.1, 0.15) is 0 Å². The number of hydrogen-bond acceptors (Lipinski definition) is 0. The standard InChI is InChI=1S/C60H36N4/c1-2-16-40-39(15-1)41-17-3-13-27-55(41)63-57-33-29-37(61-51-23-9-5-19-43(51)44-20-6-10-24-52(44)61)35-49(57)47-31-32-48-50-36-38(62-53-25-11-7-21-45(53)46-22-8-12-26-54(46)62)30-34-58(50)64(60(48)59(47)63)56-28-14-4-18-42(40)56/h1-36H. The molecule has 64 heavy (non-hydrogen) atoms. The first-order valence-corrected chi connectivity index (χ1v) is 22.1. The third-order valence-corrected chi connectivity index (χ3v) is 14.1. The highest BCUT2D eigenvalue weighted by Crippen LogP contribution is 2.44. The molecule has 0 aliphatic heterocycles. The van der Waals surface area contributed by atoms with Crippen LogP contribution in [0, 0.1) is 0 Å². The summed E-state index contributed by atoms with van der Waals surface area (Å²) < 4.78 is 10.00. The minimum Gasteiger partial charge on any atom is -0.309 e. The predicted octanol–water partition coefficient (Wildman–Crippen LogP) is 15.9. The molecule has 0 saturated carbocycles. The molecule has 296 valence electrons. The summed E-state index contributed by atoms with van der Waals surface area (Å²) in [5.41, 5.74) is 14.2. The normalized spacial score (nSPS) is 12.4. The third kappa shape index (κ3) is 4.36. The Morgan fingerprint density at radius 3 is 0.797 bits per heavy atom. The zero-order valence-electron chi connectivity index (χ0n) is 34.6. The van der Waals surface area contributed by atoms with Crippen LogP contribution in [0.15, 0.2) is 218 Å². The van der Waals surface area contributed by atoms with Gasteiger partial charge >= 0.3 is 0 Å². The number of benzene rings is 10. The maximum absolute atomic E-state index is 2.56. The number of hydrogen-bond donors (Lipinski definition) is 0. The minimum atomic E-state index is 1.15. The number of aromatic nitrogens is 4. The molecule has 10 aromatic carbocycles. The summed E-state index contributed by atoms with van der Waals surface area (Å²) in [5, 5.41) is 14.7. The minimum absolute atomic E-state index is 1.15. The van der Waals surface area contributed by atoms with E-state index < -0.39 is 0 Å². The van der Waals surface area contributed by atoms with Gasteiger partial charge in [-0.25, -0.2) is 0 Å². The van der Waals surface area contributed by atoms with Gasteiger partial charge in [-0.15, -0.1) is 0 Å². The van der Waals surface area contributed by atoms with Crippen molar-refractivity contribution in [3.05, 3.63) is 218 Å². The second kappa shape index (κ2) is 12.5. The van der Waals surface area contributed by atoms with Crippen molar-refractivity contribution in [1.82, 2.24) is 17.9 Å². The Kier molecular flexibility index (Phi) is 6.65. The molecule has 15 aromatic rings. The van der Waals surface area contributed by atoms with Gasteiger partial charge < -0.3 is 17.9 Å². The predicted molar refractivity (Wildman–Crippen MR) is 271 cm³/mol. The highest BCUT2D eigenvalue weighted by Gasteiger charge is 2.22. The van der Waals surface area contributed by atoms with Crippen molar-refractivity contribution in [2.45, 2.75) is 0 Å². The van der Waals surface area contributed by atoms with Crippen molar-refractivity contribution in [3.63, 3.8) is 0 Å². The summed E-state index contributed by atoms with van der Waals surface area (Å²) in [4.78, 5) is 0. The SMILES string of the molecule is c1ccc2c(c1)c1ccccc1n1c3ccc(-n4c5ccccc5c5ccccc54)cc3c3ccc4c5cc(-n6c7ccccc7c7ccccc76)ccc5n(c5ccccc25)c4c31. The highest BCUT2D eigenvalue weighted by atomic mass is 15.0. The molecule has 0 bridgehead atoms. The third-order valence-electron chi connectivity index (χ3n) is 14.1. The first-order valence-electron chi connectivity index (χ1n) is 22.1. The van der Waals surface area contributed by atoms with Crippen molar-refractivity contribution < 1.29 is 0 Å². The number of para-hydroxylation sites is 6. The summed E-state index contributed by atoms with van der Waals surface area (Å²) in [6, 6.07) is 81.1. The molecule has 5 aromatic heterocycles. The van der Waals surface area contributed by atoms with Gasteiger partial charge in [0.15, 0.2) is 0 Å². The molecule has 0 saturated heterocycles. The van der Waals surface area contributed by atoms with E-state index in [-0.39, 0.29) is 0 Å². The van der Waals surface area contributed by atoms with E-state index >= 15 is 0 Å². The summed E-state index contributed by atoms with van der Waals surface area (Å²) in [7, 11) is 0. The van der Waals surface area contributed by atoms with Gasteiger partial charge in [-0.2, -0.15) is 0 Å². The van der Waals surface area contributed by atoms with Gasteiger partial charge in [-0.3, -0.25) is 0 Å². The Balaban J connectivity index is 1.17. The molecule has 0 N–H and O–H groups in total. The fraction of sp³-hybridized carbons (Fsp3) is 0. The van der Waals surface area contributed by atoms with Gasteiger partial charge in [-0.1, -0.05) is 146 Å². The number of fused-ring (bicyclic) bond motifs is 19. The van der Waals surface area contributed by atoms with Crippen LogP contribution >= 0.6 is 0 Å². The molecule has 4 nitrogen and oxygen atoms in total. The smallest absolute Gasteiger partial charge is 0.0789 e. The highest BCUT2D eigenvalue weighted by molar-refractivity contribution is 6.26. The zero-order valence-corrected chi connectivity index (χ0v) is 34.6. The van der Waals surface area contributed by atoms with Gasteiger partial charge in [0.05, 0.1) is 55.2 Å². The lowest BCUT2D eigenvalue weighted by Gasteiger charge is -2.11. The van der Waals surface area contributed by atoms with Crippen molar-refractivity contribution in [2.24, 2.45) is 0 Å². The Morgan fingerprint density at radius 1 is 0.188 bits per heavy atom. The molecular formula is C60H36N4. The Morgan fingerprint density at radius 2 is 0.453 bits per heavy atom. The summed E-state index contributed by atoms with van der Waals surface area (Å²) >= 11 is 0. The van der Waals surface area contributed by atoms with Gasteiger partial charge in [0.1, 0.15) is 0 Å². The first kappa shape index (κ1) is 34.0. The van der Waals surface area contributed by atoms with E-state index in [0.717, 1.165) is 22.4 Å². The van der Waals surface area contributed by atoms with Crippen molar-refractivity contribution >= 4 is 120 Å². The van der Waals surface area contributed by atoms with Crippen LogP contribution in [-0.2, 0) is 0 Å². The molecule has 0 unspecified atom stereocenters. The molecule has 0 amide bonds. The zero-order chi connectivity index (χ0) is 41.6. The fourth-order valence-electron chi connectivity index (χ4n) is 11.5. The van der Waals surface area contributed by atoms with Crippen LogP contribution in [0.5, 0.6) is 0 Å². The molecule has 0 aliphatic rings. The quantitative estimate of drug-likeness (QED) is 0.166. The Hall–Kier alpha value is -8.60. The summed E-state index contributed by atoms with van der Waals surface area (Å²) in [5.74, 6) is 0. The molecular weight excluding hydrogens is 777 g/mol. The van der Waals surface area contributed by atoms with Crippen LogP contribution in [0.2, 0.25) is 0 Å². The van der Waals surface area contributed by atoms with Crippen LogP contribution in [0.4, 0.5) is 0 Å². The van der Waals surface area contributed by atoms with Gasteiger partial charge in [-0.05, 0) is 83.6 Å². The maximum atomic E-state index is 2.56. The molecule has 4 heteroatoms. The van der Waals surface area contributed by atoms with Crippen LogP contribution in [0.25, 0.3) is 131 Å². The molecule has 0 aliphatic carbocycles. The molecule has 0 spiro atoms. The van der Waals surface area contributed by atoms with E-state index in [1.165, 1.54) is 109 Å². The lowest BCUT2D eigenvalue weighted by atomic mass is 10.0. The Bertz CT molecular complexity index is 4160. The average Bonchev–Trinajstić information content (AvgIpc) is 4.08. The second-order valence-corrected chi connectivity index (χ2v) is 17.3. The molecule has 0 atom stereocenters. The van der Waals surface area contributed by atoms with Crippen molar-refractivity contribution in [3.8, 4) is 11.4 Å². The summed E-state index contributed by atoms with van der Waals surface area (Å²) in [6.07, 6.45) is 0. The fourth-order valence-corrected chi connectivity index (χ4v) is 11.5. The molecule has 0 fully saturated rings. The average molecular weight is 813 g/mol. The number of rotatable bonds is 2. The van der Waals surface area contributed by atoms with E-state index in [4.69, 9.17) is 0 Å². The number of nitrogens with zero attached hydrogens (tertiary/aromatic N) is 4. The van der Waals surface area contributed by atoms with E-state index in [0.29, 0.717) is 0 Å². The topological polar surface area (TPSA) is 18.7 Å². The summed E-state index contributed by atoms with van der Waals surface area (Å²) in [6.45, 7) is 0. The van der Waals surface area contributed by atoms with Crippen LogP contribution < -0.4 is 0 Å². The second-order valence-electron chi connectivity index (χ2n) is 17.3. The molecule has 15 rings (SSSR count). The first-order chi connectivity index (χ1) is 31.8. The van der Waals surface area contributed by atoms with E-state index in [1.807, 2.05) is 0 Å². The Labute approximate surface area is 365 Å². The molecule has 0 radical (unpaired) electrons. The van der Waals surface area contributed by atoms with Gasteiger partial charge in [0.25, 0.3) is 0 Å². The van der Waals surface area contributed by atoms with Crippen molar-refractivity contribution in [1.29, 1.82) is 0 Å². The monoisotopic (exact) mass is 812 g/mol. The van der Waals surface area contributed by atoms with Crippen LogP contribution in [-0.4, -0.2) is 17.9 Å². The van der Waals surface area contributed by atoms with Crippen molar-refractivity contribution in [2.75, 3.05) is 0 Å². The van der Waals surface area contributed by atoms with E-state index in [2.05, 4.69) is 236 Å². The van der Waals surface area contributed by atoms with Gasteiger partial charge in [0, 0.05) is 65.2 Å². The van der Waals surface area contributed by atoms with E-state index in [1.54, 1.807) is 0 Å². The molecule has 5 heterocycles.